The van der Waals surface area contributed by atoms with Crippen LogP contribution in [-0.4, -0.2) is 13.7 Å². The van der Waals surface area contributed by atoms with Gasteiger partial charge in [0.25, 0.3) is 0 Å². The van der Waals surface area contributed by atoms with Gasteiger partial charge in [-0.05, 0) is 170 Å². The van der Waals surface area contributed by atoms with Gasteiger partial charge in [-0.15, -0.1) is 0 Å². The zero-order chi connectivity index (χ0) is 47.4. The van der Waals surface area contributed by atoms with E-state index in [1.807, 2.05) is 84.9 Å². The highest BCUT2D eigenvalue weighted by atomic mass is 15.2. The highest BCUT2D eigenvalue weighted by Crippen LogP contribution is 2.26. The highest BCUT2D eigenvalue weighted by Gasteiger charge is 2.14. The minimum absolute atomic E-state index is 0.798. The normalized spacial score (nSPS) is 11.5. The van der Waals surface area contributed by atoms with Crippen LogP contribution in [0.3, 0.4) is 0 Å². The van der Waals surface area contributed by atoms with Gasteiger partial charge in [-0.1, -0.05) is 26.0 Å². The van der Waals surface area contributed by atoms with E-state index >= 15 is 0 Å². The minimum Gasteiger partial charge on any atom is -0.356 e. The molecule has 0 atom stereocenters. The maximum Gasteiger partial charge on any atom is 0.350 e. The molecule has 9 aromatic rings. The van der Waals surface area contributed by atoms with E-state index in [1.165, 1.54) is 34.2 Å². The lowest BCUT2D eigenvalue weighted by atomic mass is 10.2. The van der Waals surface area contributed by atoms with Gasteiger partial charge in [-0.2, -0.15) is 0 Å². The molecule has 0 amide bonds. The minimum atomic E-state index is 0.798. The highest BCUT2D eigenvalue weighted by molar-refractivity contribution is 5.64. The van der Waals surface area contributed by atoms with Crippen molar-refractivity contribution in [1.29, 1.82) is 0 Å². The summed E-state index contributed by atoms with van der Waals surface area (Å²) in [6, 6.07) is 54.1. The van der Waals surface area contributed by atoms with Gasteiger partial charge in [0.2, 0.25) is 6.33 Å². The van der Waals surface area contributed by atoms with E-state index in [-0.39, 0.29) is 0 Å². The molecule has 2 N–H and O–H groups in total. The molecule has 69 heavy (non-hydrogen) atoms. The summed E-state index contributed by atoms with van der Waals surface area (Å²) in [6.07, 6.45) is 14.5. The Morgan fingerprint density at radius 3 is 1.36 bits per heavy atom. The van der Waals surface area contributed by atoms with Crippen LogP contribution in [0.2, 0.25) is 0 Å². The first-order valence-corrected chi connectivity index (χ1v) is 24.0. The Morgan fingerprint density at radius 2 is 0.899 bits per heavy atom. The molecule has 0 spiro atoms. The summed E-state index contributed by atoms with van der Waals surface area (Å²) in [4.78, 5) is 0. The molecular weight excluding hydrogens is 853 g/mol. The van der Waals surface area contributed by atoms with Crippen molar-refractivity contribution in [1.82, 2.24) is 13.7 Å². The number of aryl methyl sites for hydroxylation is 8. The number of benzene rings is 4. The molecule has 5 heterocycles. The van der Waals surface area contributed by atoms with Crippen molar-refractivity contribution >= 4 is 45.8 Å². The predicted molar refractivity (Wildman–Crippen MR) is 275 cm³/mol. The van der Waals surface area contributed by atoms with Gasteiger partial charge in [0.1, 0.15) is 23.8 Å². The Hall–Kier alpha value is -8.25. The van der Waals surface area contributed by atoms with E-state index in [0.29, 0.717) is 0 Å². The van der Waals surface area contributed by atoms with E-state index < -0.39 is 0 Å². The molecule has 12 nitrogen and oxygen atoms in total. The second-order valence-electron chi connectivity index (χ2n) is 17.2. The fourth-order valence-corrected chi connectivity index (χ4v) is 8.68. The lowest BCUT2D eigenvalue weighted by Gasteiger charge is -2.12. The standard InChI is InChI=1S/C57H59N12/c1-5-52-29-15-44(3)68(52)54-31-25-48(26-32-54)58-46-17-21-50(22-18-46)60-62-56-13-7-9-37-66(56)39-11-35-64-41-42-65(43-64)36-12-40-67-38-10-8-14-57(67)63-61-51-23-19-47(20-24-51)59-49-27-33-55(34-28-49)69-45(4)16-30-53(69)6-2/h7-10,13-34,37-38,41-43H,5-6,11-12,35-36,39-40H2,1-4H3/q+1/p+2. The van der Waals surface area contributed by atoms with E-state index in [4.69, 9.17) is 0 Å². The monoisotopic (exact) mass is 914 g/mol. The predicted octanol–water partition coefficient (Wildman–Crippen LogP) is 13.2. The van der Waals surface area contributed by atoms with Crippen molar-refractivity contribution in [2.24, 2.45) is 20.5 Å². The Kier molecular flexibility index (Phi) is 14.7. The Balaban J connectivity index is 0.715. The van der Waals surface area contributed by atoms with Gasteiger partial charge in [0, 0.05) is 81.9 Å². The number of aromatic nitrogens is 6. The van der Waals surface area contributed by atoms with Crippen LogP contribution in [0.1, 0.15) is 49.5 Å². The first-order chi connectivity index (χ1) is 33.9. The number of hydrogen-bond acceptors (Lipinski definition) is 6. The van der Waals surface area contributed by atoms with Crippen LogP contribution in [-0.2, 0) is 39.0 Å². The average Bonchev–Trinajstić information content (AvgIpc) is 4.12. The number of rotatable bonds is 20. The Bertz CT molecular complexity index is 2930. The molecule has 0 fully saturated rings. The first-order valence-electron chi connectivity index (χ1n) is 24.0. The third-order valence-corrected chi connectivity index (χ3v) is 12.3. The Morgan fingerprint density at radius 1 is 0.449 bits per heavy atom. The number of azo groups is 2. The number of hydrogen-bond donors (Lipinski definition) is 2. The van der Waals surface area contributed by atoms with Crippen LogP contribution in [0.15, 0.2) is 209 Å². The summed E-state index contributed by atoms with van der Waals surface area (Å²) in [5.41, 5.74) is 13.1. The third-order valence-electron chi connectivity index (χ3n) is 12.3. The van der Waals surface area contributed by atoms with Crippen molar-refractivity contribution in [2.75, 3.05) is 10.6 Å². The van der Waals surface area contributed by atoms with E-state index in [0.717, 1.165) is 97.6 Å². The van der Waals surface area contributed by atoms with Crippen LogP contribution < -0.4 is 24.3 Å². The third kappa shape index (κ3) is 11.7. The van der Waals surface area contributed by atoms with Gasteiger partial charge in [0.05, 0.1) is 48.8 Å². The molecule has 0 aliphatic carbocycles. The van der Waals surface area contributed by atoms with E-state index in [2.05, 4.69) is 190 Å². The van der Waals surface area contributed by atoms with Crippen LogP contribution in [0.5, 0.6) is 0 Å². The maximum atomic E-state index is 4.63. The van der Waals surface area contributed by atoms with Crippen LogP contribution in [0.4, 0.5) is 45.8 Å². The zero-order valence-corrected chi connectivity index (χ0v) is 40.0. The van der Waals surface area contributed by atoms with Crippen molar-refractivity contribution < 1.29 is 13.7 Å². The van der Waals surface area contributed by atoms with Crippen LogP contribution >= 0.6 is 0 Å². The molecular formula is C57H61N12+3. The largest absolute Gasteiger partial charge is 0.356 e. The van der Waals surface area contributed by atoms with Crippen molar-refractivity contribution in [3.05, 3.63) is 212 Å². The summed E-state index contributed by atoms with van der Waals surface area (Å²) in [7, 11) is 0. The molecule has 346 valence electrons. The molecule has 9 rings (SSSR count). The van der Waals surface area contributed by atoms with Crippen molar-refractivity contribution in [3.63, 3.8) is 0 Å². The van der Waals surface area contributed by atoms with Gasteiger partial charge in [-0.25, -0.2) is 18.3 Å². The van der Waals surface area contributed by atoms with Gasteiger partial charge >= 0.3 is 11.6 Å². The van der Waals surface area contributed by atoms with Crippen molar-refractivity contribution in [2.45, 2.75) is 79.6 Å². The summed E-state index contributed by atoms with van der Waals surface area (Å²) in [5.74, 6) is 1.64. The summed E-state index contributed by atoms with van der Waals surface area (Å²) < 4.78 is 13.4. The topological polar surface area (TPSA) is 99.9 Å². The molecule has 0 saturated heterocycles. The maximum absolute atomic E-state index is 4.63. The second kappa shape index (κ2) is 22.0. The zero-order valence-electron chi connectivity index (χ0n) is 40.0. The van der Waals surface area contributed by atoms with Gasteiger partial charge < -0.3 is 19.8 Å². The fourth-order valence-electron chi connectivity index (χ4n) is 8.68. The van der Waals surface area contributed by atoms with Crippen LogP contribution in [0, 0.1) is 13.8 Å². The first kappa shape index (κ1) is 45.9. The number of imidazole rings is 1. The van der Waals surface area contributed by atoms with Gasteiger partial charge in [0.15, 0.2) is 0 Å². The number of pyridine rings is 2. The summed E-state index contributed by atoms with van der Waals surface area (Å²) in [5, 5.41) is 25.4. The van der Waals surface area contributed by atoms with Crippen molar-refractivity contribution in [3.8, 4) is 11.4 Å². The smallest absolute Gasteiger partial charge is 0.350 e. The molecule has 4 aromatic carbocycles. The SMILES string of the molecule is CCc1ccc(C)n1-c1ccc(Nc2ccc(/N=N/c3cccc[n+]3CCCn3cc[n+](CCC[n+]4ccccc4/N=N/c4ccc(Nc5ccc(-n6c(C)ccc6CC)cc5)cc4)c3)cc2)cc1. The summed E-state index contributed by atoms with van der Waals surface area (Å²) in [6.45, 7) is 12.1. The molecule has 0 aliphatic heterocycles. The molecule has 0 radical (unpaired) electrons. The van der Waals surface area contributed by atoms with Crippen LogP contribution in [0.25, 0.3) is 11.4 Å². The molecule has 5 aromatic heterocycles. The molecule has 0 unspecified atom stereocenters. The average molecular weight is 914 g/mol. The number of anilines is 4. The second-order valence-corrected chi connectivity index (χ2v) is 17.2. The number of nitrogens with zero attached hydrogens (tertiary/aromatic N) is 10. The molecule has 0 aliphatic rings. The number of nitrogens with one attached hydrogen (secondary N) is 2. The fraction of sp³-hybridized carbons (Fsp3) is 0.211. The van der Waals surface area contributed by atoms with Gasteiger partial charge in [-0.3, -0.25) is 0 Å². The Labute approximate surface area is 405 Å². The molecule has 0 saturated carbocycles. The quantitative estimate of drug-likeness (QED) is 0.0588. The summed E-state index contributed by atoms with van der Waals surface area (Å²) >= 11 is 0. The van der Waals surface area contributed by atoms with E-state index in [1.54, 1.807) is 0 Å². The molecule has 12 heteroatoms. The van der Waals surface area contributed by atoms with E-state index in [9.17, 15) is 0 Å². The lowest BCUT2D eigenvalue weighted by Crippen LogP contribution is -2.38. The molecule has 0 bridgehead atoms. The lowest BCUT2D eigenvalue weighted by molar-refractivity contribution is -0.721.